The average Bonchev–Trinajstić information content (AvgIpc) is 2.37. The topological polar surface area (TPSA) is 68.1 Å². The maximum Gasteiger partial charge on any atom is 0.173 e. The molecule has 0 amide bonds. The summed E-state index contributed by atoms with van der Waals surface area (Å²) < 4.78 is 0. The third-order valence-corrected chi connectivity index (χ3v) is 2.66. The normalized spacial score (nSPS) is 19.3. The van der Waals surface area contributed by atoms with Crippen LogP contribution < -0.4 is 10.6 Å². The van der Waals surface area contributed by atoms with E-state index in [-0.39, 0.29) is 5.57 Å². The van der Waals surface area contributed by atoms with Gasteiger partial charge in [-0.2, -0.15) is 5.26 Å². The highest BCUT2D eigenvalue weighted by molar-refractivity contribution is 7.80. The van der Waals surface area contributed by atoms with Crippen molar-refractivity contribution in [3.8, 4) is 6.07 Å². The second-order valence-electron chi connectivity index (χ2n) is 3.68. The molecule has 0 bridgehead atoms. The highest BCUT2D eigenvalue weighted by Crippen LogP contribution is 2.12. The van der Waals surface area contributed by atoms with Crippen molar-refractivity contribution in [1.82, 2.24) is 10.6 Å². The molecule has 1 aliphatic rings. The predicted octanol–water partition coefficient (Wildman–Crippen LogP) is 1.27. The van der Waals surface area contributed by atoms with E-state index in [1.807, 2.05) is 42.5 Å². The lowest BCUT2D eigenvalue weighted by Crippen LogP contribution is -2.47. The van der Waals surface area contributed by atoms with Gasteiger partial charge in [0, 0.05) is 0 Å². The standard InChI is InChI=1S/C13H11N3OS/c14-8-10-11(15-13(18)16-12(10)17)7-6-9-4-2-1-3-5-9/h1-7,12,17H,(H2,15,16,18)/b7-6+. The Morgan fingerprint density at radius 3 is 2.67 bits per heavy atom. The number of aliphatic hydroxyl groups excluding tert-OH is 1. The van der Waals surface area contributed by atoms with Crippen molar-refractivity contribution in [2.24, 2.45) is 0 Å². The Labute approximate surface area is 110 Å². The lowest BCUT2D eigenvalue weighted by Gasteiger charge is -2.23. The highest BCUT2D eigenvalue weighted by Gasteiger charge is 2.21. The molecule has 1 atom stereocenters. The third-order valence-electron chi connectivity index (χ3n) is 2.44. The maximum absolute atomic E-state index is 9.65. The van der Waals surface area contributed by atoms with Crippen molar-refractivity contribution in [2.45, 2.75) is 6.23 Å². The molecule has 4 nitrogen and oxygen atoms in total. The summed E-state index contributed by atoms with van der Waals surface area (Å²) in [6.07, 6.45) is 2.52. The Morgan fingerprint density at radius 2 is 2.00 bits per heavy atom. The first-order valence-corrected chi connectivity index (χ1v) is 5.74. The van der Waals surface area contributed by atoms with Gasteiger partial charge in [0.25, 0.3) is 0 Å². The minimum Gasteiger partial charge on any atom is -0.369 e. The number of allylic oxidation sites excluding steroid dienone is 1. The molecule has 90 valence electrons. The van der Waals surface area contributed by atoms with E-state index in [9.17, 15) is 5.11 Å². The second kappa shape index (κ2) is 5.45. The van der Waals surface area contributed by atoms with Crippen LogP contribution in [-0.4, -0.2) is 16.4 Å². The van der Waals surface area contributed by atoms with Gasteiger partial charge < -0.3 is 15.7 Å². The summed E-state index contributed by atoms with van der Waals surface area (Å²) in [6, 6.07) is 11.6. The quantitative estimate of drug-likeness (QED) is 0.696. The van der Waals surface area contributed by atoms with Crippen LogP contribution in [0.4, 0.5) is 0 Å². The van der Waals surface area contributed by atoms with Crippen molar-refractivity contribution in [3.05, 3.63) is 53.2 Å². The minimum absolute atomic E-state index is 0.218. The second-order valence-corrected chi connectivity index (χ2v) is 4.09. The number of hydrogen-bond acceptors (Lipinski definition) is 3. The molecule has 1 aromatic rings. The van der Waals surface area contributed by atoms with Gasteiger partial charge in [0.05, 0.1) is 5.70 Å². The van der Waals surface area contributed by atoms with Gasteiger partial charge in [0.2, 0.25) is 0 Å². The van der Waals surface area contributed by atoms with Crippen LogP contribution in [0, 0.1) is 11.3 Å². The van der Waals surface area contributed by atoms with Crippen molar-refractivity contribution in [1.29, 1.82) is 5.26 Å². The number of thiocarbonyl (C=S) groups is 1. The molecule has 18 heavy (non-hydrogen) atoms. The smallest absolute Gasteiger partial charge is 0.173 e. The van der Waals surface area contributed by atoms with Gasteiger partial charge in [-0.1, -0.05) is 36.4 Å². The Morgan fingerprint density at radius 1 is 1.28 bits per heavy atom. The molecule has 0 radical (unpaired) electrons. The monoisotopic (exact) mass is 257 g/mol. The van der Waals surface area contributed by atoms with Gasteiger partial charge in [0.1, 0.15) is 11.6 Å². The first-order valence-electron chi connectivity index (χ1n) is 5.33. The molecule has 1 aromatic carbocycles. The highest BCUT2D eigenvalue weighted by atomic mass is 32.1. The fraction of sp³-hybridized carbons (Fsp3) is 0.0769. The van der Waals surface area contributed by atoms with E-state index in [0.29, 0.717) is 10.8 Å². The molecule has 3 N–H and O–H groups in total. The van der Waals surface area contributed by atoms with E-state index < -0.39 is 6.23 Å². The fourth-order valence-electron chi connectivity index (χ4n) is 1.57. The van der Waals surface area contributed by atoms with Crippen LogP contribution in [0.25, 0.3) is 6.08 Å². The predicted molar refractivity (Wildman–Crippen MR) is 73.0 cm³/mol. The van der Waals surface area contributed by atoms with Crippen LogP contribution in [0.15, 0.2) is 47.7 Å². The van der Waals surface area contributed by atoms with Crippen LogP contribution in [0.5, 0.6) is 0 Å². The molecule has 0 aromatic heterocycles. The number of benzene rings is 1. The summed E-state index contributed by atoms with van der Waals surface area (Å²) in [6.45, 7) is 0. The van der Waals surface area contributed by atoms with E-state index in [1.54, 1.807) is 6.08 Å². The summed E-state index contributed by atoms with van der Waals surface area (Å²) in [5, 5.41) is 24.4. The number of nitrogens with zero attached hydrogens (tertiary/aromatic N) is 1. The maximum atomic E-state index is 9.65. The molecule has 1 unspecified atom stereocenters. The molecule has 0 saturated carbocycles. The van der Waals surface area contributed by atoms with E-state index in [4.69, 9.17) is 17.5 Å². The minimum atomic E-state index is -1.06. The van der Waals surface area contributed by atoms with Gasteiger partial charge >= 0.3 is 0 Å². The van der Waals surface area contributed by atoms with Crippen molar-refractivity contribution in [2.75, 3.05) is 0 Å². The molecule has 2 rings (SSSR count). The number of nitrogens with one attached hydrogen (secondary N) is 2. The number of hydrogen-bond donors (Lipinski definition) is 3. The summed E-state index contributed by atoms with van der Waals surface area (Å²) in [5.41, 5.74) is 1.73. The molecular formula is C13H11N3OS. The van der Waals surface area contributed by atoms with E-state index in [0.717, 1.165) is 5.56 Å². The number of nitriles is 1. The molecular weight excluding hydrogens is 246 g/mol. The van der Waals surface area contributed by atoms with Gasteiger partial charge in [-0.05, 0) is 23.9 Å². The molecule has 0 saturated heterocycles. The van der Waals surface area contributed by atoms with Crippen LogP contribution in [-0.2, 0) is 0 Å². The largest absolute Gasteiger partial charge is 0.369 e. The molecule has 5 heteroatoms. The lowest BCUT2D eigenvalue weighted by molar-refractivity contribution is 0.196. The zero-order chi connectivity index (χ0) is 13.0. The van der Waals surface area contributed by atoms with Crippen molar-refractivity contribution >= 4 is 23.4 Å². The third kappa shape index (κ3) is 2.74. The van der Waals surface area contributed by atoms with Gasteiger partial charge in [-0.25, -0.2) is 0 Å². The van der Waals surface area contributed by atoms with Crippen LogP contribution in [0.1, 0.15) is 5.56 Å². The van der Waals surface area contributed by atoms with Crippen molar-refractivity contribution in [3.63, 3.8) is 0 Å². The molecule has 1 aliphatic heterocycles. The number of rotatable bonds is 2. The Kier molecular flexibility index (Phi) is 3.72. The summed E-state index contributed by atoms with van der Waals surface area (Å²) in [5.74, 6) is 0. The number of aliphatic hydroxyl groups is 1. The van der Waals surface area contributed by atoms with Gasteiger partial charge in [-0.15, -0.1) is 0 Å². The zero-order valence-corrected chi connectivity index (χ0v) is 10.2. The molecule has 0 fully saturated rings. The van der Waals surface area contributed by atoms with Gasteiger partial charge in [-0.3, -0.25) is 0 Å². The van der Waals surface area contributed by atoms with E-state index in [1.165, 1.54) is 0 Å². The summed E-state index contributed by atoms with van der Waals surface area (Å²) in [4.78, 5) is 0. The Hall–Kier alpha value is -2.16. The Bertz CT molecular complexity index is 557. The first-order chi connectivity index (χ1) is 8.70. The SMILES string of the molecule is N#CC1=C(/C=C/c2ccccc2)NC(=S)NC1O. The summed E-state index contributed by atoms with van der Waals surface area (Å²) >= 11 is 4.93. The average molecular weight is 257 g/mol. The van der Waals surface area contributed by atoms with E-state index in [2.05, 4.69) is 10.6 Å². The molecule has 0 spiro atoms. The molecule has 1 heterocycles. The van der Waals surface area contributed by atoms with Crippen LogP contribution in [0.3, 0.4) is 0 Å². The fourth-order valence-corrected chi connectivity index (χ4v) is 1.79. The lowest BCUT2D eigenvalue weighted by atomic mass is 10.1. The van der Waals surface area contributed by atoms with Crippen LogP contribution in [0.2, 0.25) is 0 Å². The van der Waals surface area contributed by atoms with Crippen molar-refractivity contribution < 1.29 is 5.11 Å². The van der Waals surface area contributed by atoms with Gasteiger partial charge in [0.15, 0.2) is 11.3 Å². The summed E-state index contributed by atoms with van der Waals surface area (Å²) in [7, 11) is 0. The molecule has 0 aliphatic carbocycles. The first kappa shape index (κ1) is 12.3. The van der Waals surface area contributed by atoms with Crippen LogP contribution >= 0.6 is 12.2 Å². The van der Waals surface area contributed by atoms with E-state index >= 15 is 0 Å². The zero-order valence-electron chi connectivity index (χ0n) is 9.42. The Balaban J connectivity index is 2.29.